The molecule has 0 aliphatic carbocycles. The highest BCUT2D eigenvalue weighted by Gasteiger charge is 2.35. The summed E-state index contributed by atoms with van der Waals surface area (Å²) in [6.45, 7) is 7.58. The van der Waals surface area contributed by atoms with Crippen LogP contribution in [0.15, 0.2) is 18.3 Å². The molecule has 33 heavy (non-hydrogen) atoms. The number of piperazine rings is 1. The number of aromatic nitrogens is 4. The Hall–Kier alpha value is -3.21. The smallest absolute Gasteiger partial charge is 0.269 e. The van der Waals surface area contributed by atoms with E-state index in [9.17, 15) is 9.59 Å². The van der Waals surface area contributed by atoms with E-state index >= 15 is 0 Å². The molecule has 5 rings (SSSR count). The molecule has 0 spiro atoms. The van der Waals surface area contributed by atoms with Crippen LogP contribution in [-0.2, 0) is 16.1 Å². The first-order valence-corrected chi connectivity index (χ1v) is 11.5. The number of ether oxygens (including phenoxy) is 1. The van der Waals surface area contributed by atoms with Crippen molar-refractivity contribution in [1.82, 2.24) is 30.6 Å². The molecule has 176 valence electrons. The highest BCUT2D eigenvalue weighted by atomic mass is 16.5. The second-order valence-electron chi connectivity index (χ2n) is 9.06. The van der Waals surface area contributed by atoms with Gasteiger partial charge in [-0.1, -0.05) is 0 Å². The minimum Gasteiger partial charge on any atom is -0.371 e. The number of H-pyrrole nitrogens is 1. The van der Waals surface area contributed by atoms with Gasteiger partial charge in [0, 0.05) is 58.0 Å². The molecule has 11 heteroatoms. The topological polar surface area (TPSA) is 120 Å². The Kier molecular flexibility index (Phi) is 5.88. The van der Waals surface area contributed by atoms with Crippen LogP contribution in [0, 0.1) is 0 Å². The van der Waals surface area contributed by atoms with E-state index in [1.807, 2.05) is 4.90 Å². The fraction of sp³-hybridized carbons (Fsp3) is 0.591. The van der Waals surface area contributed by atoms with Crippen molar-refractivity contribution in [2.75, 3.05) is 42.5 Å². The van der Waals surface area contributed by atoms with E-state index in [-0.39, 0.29) is 36.6 Å². The van der Waals surface area contributed by atoms with Crippen LogP contribution in [0.2, 0.25) is 0 Å². The summed E-state index contributed by atoms with van der Waals surface area (Å²) in [6.07, 6.45) is 4.22. The first kappa shape index (κ1) is 21.6. The Labute approximate surface area is 192 Å². The summed E-state index contributed by atoms with van der Waals surface area (Å²) < 4.78 is 5.98. The van der Waals surface area contributed by atoms with Gasteiger partial charge in [-0.3, -0.25) is 14.7 Å². The number of carbonyl (C=O) groups excluding carboxylic acids is 2. The molecule has 3 aliphatic rings. The van der Waals surface area contributed by atoms with E-state index in [1.165, 1.54) is 0 Å². The third kappa shape index (κ3) is 4.50. The molecule has 2 aromatic heterocycles. The van der Waals surface area contributed by atoms with E-state index < -0.39 is 0 Å². The zero-order valence-electron chi connectivity index (χ0n) is 19.0. The lowest BCUT2D eigenvalue weighted by atomic mass is 10.1. The van der Waals surface area contributed by atoms with Gasteiger partial charge in [0.25, 0.3) is 5.91 Å². The largest absolute Gasteiger partial charge is 0.371 e. The Morgan fingerprint density at radius 1 is 1.18 bits per heavy atom. The van der Waals surface area contributed by atoms with Gasteiger partial charge >= 0.3 is 0 Å². The summed E-state index contributed by atoms with van der Waals surface area (Å²) in [5.41, 5.74) is 2.04. The van der Waals surface area contributed by atoms with Crippen molar-refractivity contribution < 1.29 is 14.3 Å². The molecule has 2 N–H and O–H groups in total. The number of nitrogens with zero attached hydrogens (tertiary/aromatic N) is 6. The van der Waals surface area contributed by atoms with E-state index in [2.05, 4.69) is 48.5 Å². The quantitative estimate of drug-likeness (QED) is 0.672. The number of carbonyl (C=O) groups is 2. The van der Waals surface area contributed by atoms with Gasteiger partial charge in [-0.15, -0.1) is 10.2 Å². The molecule has 0 radical (unpaired) electrons. The van der Waals surface area contributed by atoms with Crippen LogP contribution < -0.4 is 15.1 Å². The van der Waals surface area contributed by atoms with Crippen molar-refractivity contribution in [3.8, 4) is 0 Å². The van der Waals surface area contributed by atoms with Crippen molar-refractivity contribution >= 4 is 23.3 Å². The van der Waals surface area contributed by atoms with Crippen LogP contribution in [-0.4, -0.2) is 88.1 Å². The van der Waals surface area contributed by atoms with Gasteiger partial charge in [0.1, 0.15) is 11.4 Å². The number of amides is 2. The second-order valence-corrected chi connectivity index (χ2v) is 9.06. The average molecular weight is 455 g/mol. The van der Waals surface area contributed by atoms with Gasteiger partial charge in [0.2, 0.25) is 5.91 Å². The molecule has 3 fully saturated rings. The zero-order valence-corrected chi connectivity index (χ0v) is 19.0. The predicted molar refractivity (Wildman–Crippen MR) is 121 cm³/mol. The Morgan fingerprint density at radius 2 is 1.97 bits per heavy atom. The molecule has 3 saturated heterocycles. The van der Waals surface area contributed by atoms with Crippen LogP contribution in [0.1, 0.15) is 42.9 Å². The van der Waals surface area contributed by atoms with Crippen molar-refractivity contribution in [3.63, 3.8) is 0 Å². The summed E-state index contributed by atoms with van der Waals surface area (Å²) in [5, 5.41) is 18.5. The Morgan fingerprint density at radius 3 is 2.64 bits per heavy atom. The van der Waals surface area contributed by atoms with E-state index in [0.29, 0.717) is 31.0 Å². The molecular formula is C22H30N8O3. The van der Waals surface area contributed by atoms with E-state index in [1.54, 1.807) is 19.2 Å². The summed E-state index contributed by atoms with van der Waals surface area (Å²) in [4.78, 5) is 30.7. The summed E-state index contributed by atoms with van der Waals surface area (Å²) >= 11 is 0. The lowest BCUT2D eigenvalue weighted by molar-refractivity contribution is -0.129. The van der Waals surface area contributed by atoms with Gasteiger partial charge in [-0.2, -0.15) is 5.10 Å². The SMILES string of the molecule is CC(=O)N1CCN(c2cc(N3CC4CCC(C3)O4)nnc2CNC(=O)c2ccn[nH]2)[C@H](C)C1. The standard InChI is InChI=1S/C22H30N8O3/c1-14-11-28(15(2)31)7-8-30(14)20-9-21(29-12-16-3-4-17(13-29)33-16)27-26-19(20)10-23-22(32)18-5-6-24-25-18/h5-6,9,14,16-17H,3-4,7-8,10-13H2,1-2H3,(H,23,32)(H,24,25)/t14-,16?,17?/m1/s1. The van der Waals surface area contributed by atoms with Gasteiger partial charge < -0.3 is 24.8 Å². The van der Waals surface area contributed by atoms with Crippen LogP contribution >= 0.6 is 0 Å². The lowest BCUT2D eigenvalue weighted by Crippen LogP contribution is -2.53. The maximum absolute atomic E-state index is 12.4. The minimum atomic E-state index is -0.247. The second kappa shape index (κ2) is 8.97. The van der Waals surface area contributed by atoms with Gasteiger partial charge in [0.05, 0.1) is 24.4 Å². The van der Waals surface area contributed by atoms with Crippen LogP contribution in [0.5, 0.6) is 0 Å². The lowest BCUT2D eigenvalue weighted by Gasteiger charge is -2.42. The van der Waals surface area contributed by atoms with Gasteiger partial charge in [0.15, 0.2) is 5.82 Å². The fourth-order valence-electron chi connectivity index (χ4n) is 4.97. The number of anilines is 2. The average Bonchev–Trinajstić information content (AvgIpc) is 3.47. The summed E-state index contributed by atoms with van der Waals surface area (Å²) in [7, 11) is 0. The highest BCUT2D eigenvalue weighted by molar-refractivity contribution is 5.92. The number of aromatic amines is 1. The number of hydrogen-bond acceptors (Lipinski definition) is 8. The number of fused-ring (bicyclic) bond motifs is 2. The third-order valence-electron chi connectivity index (χ3n) is 6.75. The Balaban J connectivity index is 1.40. The van der Waals surface area contributed by atoms with Gasteiger partial charge in [-0.25, -0.2) is 0 Å². The van der Waals surface area contributed by atoms with E-state index in [4.69, 9.17) is 4.74 Å². The first-order valence-electron chi connectivity index (χ1n) is 11.5. The van der Waals surface area contributed by atoms with Crippen molar-refractivity contribution in [1.29, 1.82) is 0 Å². The molecule has 3 aliphatic heterocycles. The van der Waals surface area contributed by atoms with E-state index in [0.717, 1.165) is 37.4 Å². The number of hydrogen-bond donors (Lipinski definition) is 2. The molecule has 5 heterocycles. The molecule has 0 aromatic carbocycles. The number of morpholine rings is 1. The summed E-state index contributed by atoms with van der Waals surface area (Å²) in [5.74, 6) is 0.671. The molecule has 2 unspecified atom stereocenters. The molecule has 2 aromatic rings. The third-order valence-corrected chi connectivity index (χ3v) is 6.75. The number of rotatable bonds is 5. The maximum atomic E-state index is 12.4. The van der Waals surface area contributed by atoms with Crippen LogP contribution in [0.3, 0.4) is 0 Å². The normalized spacial score (nSPS) is 24.8. The van der Waals surface area contributed by atoms with Crippen molar-refractivity contribution in [3.05, 3.63) is 29.7 Å². The van der Waals surface area contributed by atoms with Gasteiger partial charge in [-0.05, 0) is 25.8 Å². The Bertz CT molecular complexity index is 1000. The maximum Gasteiger partial charge on any atom is 0.269 e. The molecule has 0 saturated carbocycles. The van der Waals surface area contributed by atoms with Crippen molar-refractivity contribution in [2.45, 2.75) is 51.5 Å². The van der Waals surface area contributed by atoms with Crippen LogP contribution in [0.25, 0.3) is 0 Å². The van der Waals surface area contributed by atoms with Crippen LogP contribution in [0.4, 0.5) is 11.5 Å². The monoisotopic (exact) mass is 454 g/mol. The number of nitrogens with one attached hydrogen (secondary N) is 2. The molecule has 3 atom stereocenters. The summed E-state index contributed by atoms with van der Waals surface area (Å²) in [6, 6.07) is 3.82. The fourth-order valence-corrected chi connectivity index (χ4v) is 4.97. The predicted octanol–water partition coefficient (Wildman–Crippen LogP) is 0.554. The first-order chi connectivity index (χ1) is 16.0. The minimum absolute atomic E-state index is 0.0888. The zero-order chi connectivity index (χ0) is 22.9. The molecular weight excluding hydrogens is 424 g/mol. The molecule has 11 nitrogen and oxygen atoms in total. The molecule has 2 amide bonds. The highest BCUT2D eigenvalue weighted by Crippen LogP contribution is 2.32. The van der Waals surface area contributed by atoms with Crippen molar-refractivity contribution in [2.24, 2.45) is 0 Å². The molecule has 2 bridgehead atoms.